The van der Waals surface area contributed by atoms with E-state index in [0.717, 1.165) is 5.69 Å². The molecule has 14 nitrogen and oxygen atoms in total. The van der Waals surface area contributed by atoms with Gasteiger partial charge in [-0.05, 0) is 24.6 Å². The van der Waals surface area contributed by atoms with E-state index in [2.05, 4.69) is 15.7 Å². The van der Waals surface area contributed by atoms with Gasteiger partial charge in [0.15, 0.2) is 0 Å². The molecule has 0 aliphatic carbocycles. The van der Waals surface area contributed by atoms with E-state index in [1.54, 1.807) is 12.3 Å². The number of carbonyl (C=O) groups is 3. The number of aromatic nitrogens is 2. The minimum Gasteiger partial charge on any atom is -0.480 e. The standard InChI is InChI=1S/C26H36N4O10/c31-23-4-1-19(25(34)29-23)17-30-26(35)22-3-2-21(15-20(22)16-28-30)27-5-6-36-7-8-37-9-10-38-11-12-39-13-14-40-18-24(32)33/h2-3,15-16,19,27H,1,4-14,17-18H2,(H,32,33)(H,29,31,34). The molecule has 0 saturated carbocycles. The smallest absolute Gasteiger partial charge is 0.329 e. The lowest BCUT2D eigenvalue weighted by Gasteiger charge is -2.21. The Kier molecular flexibility index (Phi) is 13.5. The molecular formula is C26H36N4O10. The molecule has 1 aromatic heterocycles. The van der Waals surface area contributed by atoms with Crippen molar-refractivity contribution in [2.45, 2.75) is 19.4 Å². The van der Waals surface area contributed by atoms with Crippen molar-refractivity contribution in [2.24, 2.45) is 5.92 Å². The predicted octanol–water partition coefficient (Wildman–Crippen LogP) is 0.0288. The molecule has 0 radical (unpaired) electrons. The Morgan fingerprint density at radius 2 is 1.57 bits per heavy atom. The lowest BCUT2D eigenvalue weighted by molar-refractivity contribution is -0.143. The minimum absolute atomic E-state index is 0.131. The summed E-state index contributed by atoms with van der Waals surface area (Å²) in [7, 11) is 0. The fraction of sp³-hybridized carbons (Fsp3) is 0.577. The molecule has 0 bridgehead atoms. The number of rotatable bonds is 20. The number of hydrogen-bond donors (Lipinski definition) is 3. The van der Waals surface area contributed by atoms with Crippen LogP contribution in [0.2, 0.25) is 0 Å². The molecule has 3 rings (SSSR count). The zero-order chi connectivity index (χ0) is 28.6. The van der Waals surface area contributed by atoms with Gasteiger partial charge in [-0.15, -0.1) is 0 Å². The molecule has 1 aromatic carbocycles. The third-order valence-electron chi connectivity index (χ3n) is 5.89. The molecule has 2 amide bonds. The highest BCUT2D eigenvalue weighted by Crippen LogP contribution is 2.17. The van der Waals surface area contributed by atoms with E-state index in [9.17, 15) is 19.2 Å². The van der Waals surface area contributed by atoms with Gasteiger partial charge in [0.05, 0.1) is 83.5 Å². The van der Waals surface area contributed by atoms with Crippen LogP contribution in [0.4, 0.5) is 5.69 Å². The summed E-state index contributed by atoms with van der Waals surface area (Å²) in [5, 5.41) is 19.4. The Balaban J connectivity index is 1.22. The Bertz CT molecular complexity index is 1170. The quantitative estimate of drug-likeness (QED) is 0.145. The molecule has 0 spiro atoms. The molecule has 1 atom stereocenters. The van der Waals surface area contributed by atoms with Crippen LogP contribution in [-0.2, 0) is 44.6 Å². The molecule has 220 valence electrons. The second-order valence-electron chi connectivity index (χ2n) is 8.90. The summed E-state index contributed by atoms with van der Waals surface area (Å²) in [6, 6.07) is 5.37. The lowest BCUT2D eigenvalue weighted by Crippen LogP contribution is -2.43. The number of imide groups is 1. The Labute approximate surface area is 230 Å². The van der Waals surface area contributed by atoms with E-state index in [4.69, 9.17) is 28.8 Å². The number of nitrogens with one attached hydrogen (secondary N) is 2. The van der Waals surface area contributed by atoms with Gasteiger partial charge in [0.2, 0.25) is 11.8 Å². The molecule has 3 N–H and O–H groups in total. The fourth-order valence-electron chi connectivity index (χ4n) is 3.86. The van der Waals surface area contributed by atoms with Gasteiger partial charge in [0.25, 0.3) is 5.56 Å². The van der Waals surface area contributed by atoms with E-state index in [1.165, 1.54) is 4.68 Å². The molecule has 1 unspecified atom stereocenters. The average Bonchev–Trinajstić information content (AvgIpc) is 2.93. The second-order valence-corrected chi connectivity index (χ2v) is 8.90. The summed E-state index contributed by atoms with van der Waals surface area (Å²) in [5.74, 6) is -2.13. The van der Waals surface area contributed by atoms with Crippen molar-refractivity contribution in [3.8, 4) is 0 Å². The van der Waals surface area contributed by atoms with Gasteiger partial charge in [-0.25, -0.2) is 9.48 Å². The van der Waals surface area contributed by atoms with E-state index in [-0.39, 0.29) is 43.6 Å². The normalized spacial score (nSPS) is 15.3. The SMILES string of the molecule is O=C(O)COCCOCCOCCOCCOCCNc1ccc2c(=O)n(CC3CCC(=O)NC3=O)ncc2c1. The average molecular weight is 565 g/mol. The zero-order valence-electron chi connectivity index (χ0n) is 22.3. The van der Waals surface area contributed by atoms with E-state index < -0.39 is 11.9 Å². The Morgan fingerprint density at radius 3 is 2.20 bits per heavy atom. The molecule has 40 heavy (non-hydrogen) atoms. The Hall–Kier alpha value is -3.43. The third kappa shape index (κ3) is 11.0. The largest absolute Gasteiger partial charge is 0.480 e. The third-order valence-corrected chi connectivity index (χ3v) is 5.89. The number of ether oxygens (including phenoxy) is 5. The maximum atomic E-state index is 12.8. The van der Waals surface area contributed by atoms with Crippen LogP contribution < -0.4 is 16.2 Å². The summed E-state index contributed by atoms with van der Waals surface area (Å²) in [6.07, 6.45) is 2.25. The molecule has 1 aliphatic rings. The second kappa shape index (κ2) is 17.3. The van der Waals surface area contributed by atoms with E-state index >= 15 is 0 Å². The molecular weight excluding hydrogens is 528 g/mol. The summed E-state index contributed by atoms with van der Waals surface area (Å²) in [6.45, 7) is 3.92. The minimum atomic E-state index is -1.01. The molecule has 2 aromatic rings. The van der Waals surface area contributed by atoms with Crippen molar-refractivity contribution in [1.82, 2.24) is 15.1 Å². The van der Waals surface area contributed by atoms with Gasteiger partial charge < -0.3 is 34.1 Å². The first-order chi connectivity index (χ1) is 19.4. The van der Waals surface area contributed by atoms with Crippen LogP contribution in [0.3, 0.4) is 0 Å². The number of nitrogens with zero attached hydrogens (tertiary/aromatic N) is 2. The predicted molar refractivity (Wildman–Crippen MR) is 142 cm³/mol. The van der Waals surface area contributed by atoms with Crippen LogP contribution in [0.5, 0.6) is 0 Å². The summed E-state index contributed by atoms with van der Waals surface area (Å²) >= 11 is 0. The van der Waals surface area contributed by atoms with Crippen LogP contribution in [0.15, 0.2) is 29.2 Å². The maximum absolute atomic E-state index is 12.8. The van der Waals surface area contributed by atoms with Gasteiger partial charge in [0.1, 0.15) is 6.61 Å². The van der Waals surface area contributed by atoms with Gasteiger partial charge >= 0.3 is 5.97 Å². The van der Waals surface area contributed by atoms with Crippen molar-refractivity contribution in [1.29, 1.82) is 0 Å². The highest BCUT2D eigenvalue weighted by atomic mass is 16.6. The number of anilines is 1. The first kappa shape index (κ1) is 31.1. The Morgan fingerprint density at radius 1 is 0.950 bits per heavy atom. The van der Waals surface area contributed by atoms with Gasteiger partial charge in [0, 0.05) is 24.0 Å². The molecule has 1 aliphatic heterocycles. The first-order valence-corrected chi connectivity index (χ1v) is 13.1. The lowest BCUT2D eigenvalue weighted by atomic mass is 9.98. The number of amides is 2. The van der Waals surface area contributed by atoms with Crippen molar-refractivity contribution < 1.29 is 43.2 Å². The highest BCUT2D eigenvalue weighted by Gasteiger charge is 2.27. The number of benzene rings is 1. The van der Waals surface area contributed by atoms with Crippen LogP contribution >= 0.6 is 0 Å². The number of aliphatic carboxylic acids is 1. The number of carboxylic acids is 1. The van der Waals surface area contributed by atoms with Crippen molar-refractivity contribution >= 4 is 34.2 Å². The van der Waals surface area contributed by atoms with Crippen molar-refractivity contribution in [3.05, 3.63) is 34.7 Å². The number of piperidine rings is 1. The fourth-order valence-corrected chi connectivity index (χ4v) is 3.86. The van der Waals surface area contributed by atoms with E-state index in [1.807, 2.05) is 12.1 Å². The number of carboxylic acid groups (broad SMARTS) is 1. The first-order valence-electron chi connectivity index (χ1n) is 13.1. The number of fused-ring (bicyclic) bond motifs is 1. The van der Waals surface area contributed by atoms with E-state index in [0.29, 0.717) is 76.6 Å². The van der Waals surface area contributed by atoms with Gasteiger partial charge in [-0.1, -0.05) is 0 Å². The van der Waals surface area contributed by atoms with Gasteiger partial charge in [-0.3, -0.25) is 19.7 Å². The van der Waals surface area contributed by atoms with Crippen LogP contribution in [0.25, 0.3) is 10.8 Å². The van der Waals surface area contributed by atoms with Crippen LogP contribution in [0, 0.1) is 5.92 Å². The topological polar surface area (TPSA) is 177 Å². The zero-order valence-corrected chi connectivity index (χ0v) is 22.3. The van der Waals surface area contributed by atoms with Crippen molar-refractivity contribution in [3.63, 3.8) is 0 Å². The van der Waals surface area contributed by atoms with Gasteiger partial charge in [-0.2, -0.15) is 5.10 Å². The molecule has 2 heterocycles. The molecule has 14 heteroatoms. The molecule has 1 fully saturated rings. The van der Waals surface area contributed by atoms with Crippen LogP contribution in [0.1, 0.15) is 12.8 Å². The monoisotopic (exact) mass is 564 g/mol. The molecule has 1 saturated heterocycles. The van der Waals surface area contributed by atoms with Crippen molar-refractivity contribution in [2.75, 3.05) is 77.9 Å². The summed E-state index contributed by atoms with van der Waals surface area (Å²) in [4.78, 5) is 46.4. The van der Waals surface area contributed by atoms with Crippen LogP contribution in [-0.4, -0.2) is 105 Å². The summed E-state index contributed by atoms with van der Waals surface area (Å²) in [5.41, 5.74) is 0.543. The summed E-state index contributed by atoms with van der Waals surface area (Å²) < 4.78 is 27.7. The maximum Gasteiger partial charge on any atom is 0.329 e. The highest BCUT2D eigenvalue weighted by molar-refractivity contribution is 5.98. The number of carbonyl (C=O) groups excluding carboxylic acids is 2. The number of hydrogen-bond acceptors (Lipinski definition) is 11.